The van der Waals surface area contributed by atoms with Crippen molar-refractivity contribution >= 4 is 0 Å². The summed E-state index contributed by atoms with van der Waals surface area (Å²) in [4.78, 5) is 0. The molecule has 3 atom stereocenters. The second-order valence-electron chi connectivity index (χ2n) is 3.50. The fraction of sp³-hybridized carbons (Fsp3) is 1.00. The lowest BCUT2D eigenvalue weighted by molar-refractivity contribution is -0.260. The van der Waals surface area contributed by atoms with Crippen LogP contribution in [0.25, 0.3) is 0 Å². The maximum absolute atomic E-state index is 12.5. The summed E-state index contributed by atoms with van der Waals surface area (Å²) in [5.41, 5.74) is 0. The molecule has 1 fully saturated rings. The predicted molar refractivity (Wildman–Crippen MR) is 46.4 cm³/mol. The molecule has 0 aromatic heterocycles. The third kappa shape index (κ3) is 3.62. The van der Waals surface area contributed by atoms with Crippen molar-refractivity contribution in [2.24, 2.45) is 0 Å². The van der Waals surface area contributed by atoms with Crippen LogP contribution >= 0.6 is 0 Å². The zero-order valence-corrected chi connectivity index (χ0v) is 8.46. The molecule has 90 valence electrons. The van der Waals surface area contributed by atoms with Gasteiger partial charge in [-0.15, -0.1) is 0 Å². The summed E-state index contributed by atoms with van der Waals surface area (Å²) < 4.78 is 47.2. The normalized spacial score (nSPS) is 30.2. The smallest absolute Gasteiger partial charge is 0.393 e. The molecule has 0 bridgehead atoms. The third-order valence-corrected chi connectivity index (χ3v) is 2.29. The number of aliphatic hydroxyl groups excluding tert-OH is 1. The number of aliphatic hydroxyl groups is 1. The molecule has 0 amide bonds. The van der Waals surface area contributed by atoms with Gasteiger partial charge in [0.2, 0.25) is 0 Å². The Balaban J connectivity index is 2.62. The number of halogens is 3. The second kappa shape index (κ2) is 5.14. The van der Waals surface area contributed by atoms with E-state index in [1.165, 1.54) is 6.92 Å². The summed E-state index contributed by atoms with van der Waals surface area (Å²) in [6.45, 7) is 1.61. The van der Waals surface area contributed by atoms with Gasteiger partial charge < -0.3 is 14.6 Å². The molecule has 1 aliphatic rings. The molecule has 0 aromatic rings. The first-order valence-corrected chi connectivity index (χ1v) is 4.93. The van der Waals surface area contributed by atoms with E-state index in [4.69, 9.17) is 4.74 Å². The maximum atomic E-state index is 12.5. The summed E-state index contributed by atoms with van der Waals surface area (Å²) in [6.07, 6.45) is -7.84. The lowest BCUT2D eigenvalue weighted by Gasteiger charge is -2.33. The Labute approximate surface area is 86.2 Å². The Hall–Kier alpha value is -0.330. The highest BCUT2D eigenvalue weighted by atomic mass is 19.4. The van der Waals surface area contributed by atoms with Crippen LogP contribution in [-0.4, -0.2) is 42.8 Å². The van der Waals surface area contributed by atoms with E-state index in [1.54, 1.807) is 0 Å². The minimum Gasteiger partial charge on any atom is -0.393 e. The molecule has 1 rings (SSSR count). The van der Waals surface area contributed by atoms with Gasteiger partial charge in [0.15, 0.2) is 6.10 Å². The topological polar surface area (TPSA) is 38.7 Å². The third-order valence-electron chi connectivity index (χ3n) is 2.29. The summed E-state index contributed by atoms with van der Waals surface area (Å²) in [5.74, 6) is 0. The number of alkyl halides is 3. The van der Waals surface area contributed by atoms with E-state index >= 15 is 0 Å². The van der Waals surface area contributed by atoms with Gasteiger partial charge in [-0.05, 0) is 13.3 Å². The van der Waals surface area contributed by atoms with Crippen molar-refractivity contribution in [1.29, 1.82) is 0 Å². The van der Waals surface area contributed by atoms with Crippen molar-refractivity contribution in [1.82, 2.24) is 0 Å². The molecule has 1 aliphatic heterocycles. The van der Waals surface area contributed by atoms with E-state index in [0.717, 1.165) is 0 Å². The Morgan fingerprint density at radius 3 is 2.67 bits per heavy atom. The fourth-order valence-electron chi connectivity index (χ4n) is 1.61. The molecule has 0 aliphatic carbocycles. The molecular formula is C9H15F3O3. The summed E-state index contributed by atoms with van der Waals surface area (Å²) in [5, 5.41) is 9.26. The quantitative estimate of drug-likeness (QED) is 0.795. The first-order chi connectivity index (χ1) is 6.95. The average molecular weight is 228 g/mol. The fourth-order valence-corrected chi connectivity index (χ4v) is 1.61. The molecule has 1 saturated heterocycles. The molecule has 3 nitrogen and oxygen atoms in total. The number of ether oxygens (including phenoxy) is 2. The SMILES string of the molecule is CCO[C@@H]([C@@H]1C[C@H](O)CCO1)C(F)(F)F. The minimum absolute atomic E-state index is 0.0236. The highest BCUT2D eigenvalue weighted by Gasteiger charge is 2.47. The summed E-state index contributed by atoms with van der Waals surface area (Å²) >= 11 is 0. The van der Waals surface area contributed by atoms with Crippen LogP contribution in [0.15, 0.2) is 0 Å². The zero-order valence-electron chi connectivity index (χ0n) is 8.46. The van der Waals surface area contributed by atoms with Gasteiger partial charge in [-0.2, -0.15) is 13.2 Å². The maximum Gasteiger partial charge on any atom is 0.417 e. The van der Waals surface area contributed by atoms with E-state index in [2.05, 4.69) is 4.74 Å². The van der Waals surface area contributed by atoms with Gasteiger partial charge in [0.05, 0.1) is 12.2 Å². The van der Waals surface area contributed by atoms with Crippen molar-refractivity contribution in [3.63, 3.8) is 0 Å². The van der Waals surface area contributed by atoms with Crippen LogP contribution in [0.2, 0.25) is 0 Å². The van der Waals surface area contributed by atoms with Crippen LogP contribution in [0.1, 0.15) is 19.8 Å². The molecule has 0 saturated carbocycles. The average Bonchev–Trinajstić information content (AvgIpc) is 2.12. The Kier molecular flexibility index (Phi) is 4.36. The van der Waals surface area contributed by atoms with Gasteiger partial charge in [0.25, 0.3) is 0 Å². The Bertz CT molecular complexity index is 196. The van der Waals surface area contributed by atoms with Crippen molar-refractivity contribution in [2.45, 2.75) is 44.3 Å². The number of hydrogen-bond acceptors (Lipinski definition) is 3. The summed E-state index contributed by atoms with van der Waals surface area (Å²) in [6, 6.07) is 0. The van der Waals surface area contributed by atoms with Crippen molar-refractivity contribution in [2.75, 3.05) is 13.2 Å². The predicted octanol–water partition coefficient (Wildman–Crippen LogP) is 1.49. The van der Waals surface area contributed by atoms with Gasteiger partial charge >= 0.3 is 6.18 Å². The van der Waals surface area contributed by atoms with Crippen molar-refractivity contribution < 1.29 is 27.8 Å². The molecule has 15 heavy (non-hydrogen) atoms. The van der Waals surface area contributed by atoms with Crippen LogP contribution < -0.4 is 0 Å². The molecule has 1 N–H and O–H groups in total. The van der Waals surface area contributed by atoms with Crippen molar-refractivity contribution in [3.05, 3.63) is 0 Å². The minimum atomic E-state index is -4.45. The van der Waals surface area contributed by atoms with Crippen molar-refractivity contribution in [3.8, 4) is 0 Å². The van der Waals surface area contributed by atoms with Crippen LogP contribution in [0.5, 0.6) is 0 Å². The lowest BCUT2D eigenvalue weighted by Crippen LogP contribution is -2.47. The van der Waals surface area contributed by atoms with Gasteiger partial charge in [0.1, 0.15) is 0 Å². The highest BCUT2D eigenvalue weighted by molar-refractivity contribution is 4.83. The van der Waals surface area contributed by atoms with Gasteiger partial charge in [-0.1, -0.05) is 0 Å². The highest BCUT2D eigenvalue weighted by Crippen LogP contribution is 2.30. The molecule has 6 heteroatoms. The molecular weight excluding hydrogens is 213 g/mol. The van der Waals surface area contributed by atoms with E-state index < -0.39 is 24.5 Å². The van der Waals surface area contributed by atoms with E-state index in [1.807, 2.05) is 0 Å². The van der Waals surface area contributed by atoms with E-state index in [0.29, 0.717) is 6.42 Å². The second-order valence-corrected chi connectivity index (χ2v) is 3.50. The van der Waals surface area contributed by atoms with E-state index in [9.17, 15) is 18.3 Å². The van der Waals surface area contributed by atoms with Crippen LogP contribution in [0.4, 0.5) is 13.2 Å². The first-order valence-electron chi connectivity index (χ1n) is 4.93. The van der Waals surface area contributed by atoms with Gasteiger partial charge in [0, 0.05) is 19.6 Å². The standard InChI is InChI=1S/C9H15F3O3/c1-2-14-8(9(10,11)12)7-5-6(13)3-4-15-7/h6-8,13H,2-5H2,1H3/t6-,7+,8+/m1/s1. The Morgan fingerprint density at radius 1 is 1.53 bits per heavy atom. The molecule has 0 radical (unpaired) electrons. The number of hydrogen-bond donors (Lipinski definition) is 1. The molecule has 0 aromatic carbocycles. The number of rotatable bonds is 3. The van der Waals surface area contributed by atoms with Gasteiger partial charge in [-0.25, -0.2) is 0 Å². The van der Waals surface area contributed by atoms with Crippen LogP contribution in [0, 0.1) is 0 Å². The van der Waals surface area contributed by atoms with Crippen LogP contribution in [0.3, 0.4) is 0 Å². The Morgan fingerprint density at radius 2 is 2.20 bits per heavy atom. The zero-order chi connectivity index (χ0) is 11.5. The van der Waals surface area contributed by atoms with E-state index in [-0.39, 0.29) is 19.6 Å². The van der Waals surface area contributed by atoms with Crippen LogP contribution in [-0.2, 0) is 9.47 Å². The largest absolute Gasteiger partial charge is 0.417 e. The lowest BCUT2D eigenvalue weighted by atomic mass is 10.0. The molecule has 0 spiro atoms. The monoisotopic (exact) mass is 228 g/mol. The summed E-state index contributed by atoms with van der Waals surface area (Å²) in [7, 11) is 0. The first kappa shape index (κ1) is 12.7. The van der Waals surface area contributed by atoms with Gasteiger partial charge in [-0.3, -0.25) is 0 Å². The molecule has 0 unspecified atom stereocenters. The molecule has 1 heterocycles.